The lowest BCUT2D eigenvalue weighted by atomic mass is 10.1. The van der Waals surface area contributed by atoms with E-state index in [1.54, 1.807) is 13.8 Å². The van der Waals surface area contributed by atoms with Crippen molar-refractivity contribution < 1.29 is 23.9 Å². The van der Waals surface area contributed by atoms with Crippen LogP contribution < -0.4 is 5.56 Å². The summed E-state index contributed by atoms with van der Waals surface area (Å²) >= 11 is 0. The number of methoxy groups -OCH3 is 1. The maximum absolute atomic E-state index is 12.5. The average Bonchev–Trinajstić information content (AvgIpc) is 2.88. The average molecular weight is 346 g/mol. The Morgan fingerprint density at radius 1 is 1.16 bits per heavy atom. The summed E-state index contributed by atoms with van der Waals surface area (Å²) in [5.41, 5.74) is 0.508. The molecule has 25 heavy (non-hydrogen) atoms. The molecule has 0 saturated heterocycles. The molecule has 2 N–H and O–H groups in total. The number of ether oxygens (including phenoxy) is 2. The molecule has 0 amide bonds. The number of Topliss-reactive ketones (excluding diaryl/α,β-unsaturated/α-hetero) is 1. The minimum atomic E-state index is -1.14. The zero-order valence-electron chi connectivity index (χ0n) is 14.3. The van der Waals surface area contributed by atoms with Gasteiger partial charge in [0.2, 0.25) is 5.78 Å². The van der Waals surface area contributed by atoms with Crippen LogP contribution in [-0.4, -0.2) is 40.9 Å². The van der Waals surface area contributed by atoms with Crippen LogP contribution >= 0.6 is 0 Å². The number of carbonyl (C=O) groups excluding carboxylic acids is 3. The fourth-order valence-corrected chi connectivity index (χ4v) is 2.47. The summed E-state index contributed by atoms with van der Waals surface area (Å²) in [6, 6.07) is 2.78. The summed E-state index contributed by atoms with van der Waals surface area (Å²) in [5.74, 6) is -1.99. The van der Waals surface area contributed by atoms with Crippen LogP contribution in [0.4, 0.5) is 0 Å². The topological polar surface area (TPSA) is 118 Å². The Labute approximate surface area is 143 Å². The maximum atomic E-state index is 12.5. The van der Waals surface area contributed by atoms with Crippen molar-refractivity contribution in [3.05, 3.63) is 56.8 Å². The molecule has 2 rings (SSSR count). The molecule has 0 spiro atoms. The van der Waals surface area contributed by atoms with E-state index in [4.69, 9.17) is 9.47 Å². The zero-order valence-corrected chi connectivity index (χ0v) is 14.3. The number of aromatic nitrogens is 2. The molecule has 8 heteroatoms. The first-order valence-electron chi connectivity index (χ1n) is 7.48. The molecule has 132 valence electrons. The summed E-state index contributed by atoms with van der Waals surface area (Å²) in [6.07, 6.45) is 0.238. The summed E-state index contributed by atoms with van der Waals surface area (Å²) in [5, 5.41) is 0. The number of pyridine rings is 1. The van der Waals surface area contributed by atoms with Crippen LogP contribution in [0, 0.1) is 13.8 Å². The Balaban J connectivity index is 2.24. The Bertz CT molecular complexity index is 893. The first kappa shape index (κ1) is 18.2. The molecule has 0 unspecified atom stereocenters. The highest BCUT2D eigenvalue weighted by Crippen LogP contribution is 2.21. The molecule has 0 saturated carbocycles. The molecule has 8 nitrogen and oxygen atoms in total. The fraction of sp³-hybridized carbons (Fsp3) is 0.294. The van der Waals surface area contributed by atoms with E-state index in [1.165, 1.54) is 32.4 Å². The summed E-state index contributed by atoms with van der Waals surface area (Å²) < 4.78 is 9.77. The molecular formula is C17H18N2O6. The molecule has 1 atom stereocenters. The van der Waals surface area contributed by atoms with Gasteiger partial charge in [-0.1, -0.05) is 0 Å². The smallest absolute Gasteiger partial charge is 0.344 e. The third-order valence-corrected chi connectivity index (χ3v) is 3.76. The van der Waals surface area contributed by atoms with Crippen LogP contribution in [0.2, 0.25) is 0 Å². The van der Waals surface area contributed by atoms with Gasteiger partial charge in [-0.25, -0.2) is 9.59 Å². The number of carbonyl (C=O) groups is 3. The Morgan fingerprint density at radius 2 is 1.84 bits per heavy atom. The normalized spacial score (nSPS) is 11.7. The number of nitrogens with one attached hydrogen (secondary N) is 2. The van der Waals surface area contributed by atoms with Crippen LogP contribution in [-0.2, 0) is 9.47 Å². The van der Waals surface area contributed by atoms with Gasteiger partial charge in [-0.05, 0) is 38.5 Å². The Kier molecular flexibility index (Phi) is 5.21. The van der Waals surface area contributed by atoms with Crippen LogP contribution in [0.3, 0.4) is 0 Å². The summed E-state index contributed by atoms with van der Waals surface area (Å²) in [7, 11) is 1.25. The van der Waals surface area contributed by atoms with Crippen molar-refractivity contribution in [2.75, 3.05) is 7.11 Å². The fourth-order valence-electron chi connectivity index (χ4n) is 2.47. The van der Waals surface area contributed by atoms with Gasteiger partial charge >= 0.3 is 11.9 Å². The van der Waals surface area contributed by atoms with Gasteiger partial charge in [-0.3, -0.25) is 9.59 Å². The predicted molar refractivity (Wildman–Crippen MR) is 87.9 cm³/mol. The second-order valence-corrected chi connectivity index (χ2v) is 5.44. The van der Waals surface area contributed by atoms with E-state index >= 15 is 0 Å². The molecule has 2 aromatic heterocycles. The molecular weight excluding hydrogens is 328 g/mol. The first-order valence-corrected chi connectivity index (χ1v) is 7.48. The number of rotatable bonds is 5. The van der Waals surface area contributed by atoms with Crippen molar-refractivity contribution in [3.63, 3.8) is 0 Å². The van der Waals surface area contributed by atoms with Crippen LogP contribution in [0.1, 0.15) is 49.4 Å². The molecule has 0 aliphatic carbocycles. The zero-order chi connectivity index (χ0) is 18.7. The molecule has 0 fully saturated rings. The molecule has 0 bridgehead atoms. The number of ketones is 1. The molecule has 2 heterocycles. The number of hydrogen-bond acceptors (Lipinski definition) is 6. The lowest BCUT2D eigenvalue weighted by molar-refractivity contribution is 0.0315. The second kappa shape index (κ2) is 7.16. The number of hydrogen-bond donors (Lipinski definition) is 2. The second-order valence-electron chi connectivity index (χ2n) is 5.44. The lowest BCUT2D eigenvalue weighted by Crippen LogP contribution is -2.28. The van der Waals surface area contributed by atoms with Crippen molar-refractivity contribution in [3.8, 4) is 0 Å². The van der Waals surface area contributed by atoms with Gasteiger partial charge in [-0.15, -0.1) is 0 Å². The summed E-state index contributed by atoms with van der Waals surface area (Å²) in [4.78, 5) is 53.1. The third kappa shape index (κ3) is 3.52. The number of esters is 2. The van der Waals surface area contributed by atoms with Crippen LogP contribution in [0.5, 0.6) is 0 Å². The van der Waals surface area contributed by atoms with E-state index in [0.717, 1.165) is 0 Å². The van der Waals surface area contributed by atoms with Crippen molar-refractivity contribution in [2.24, 2.45) is 0 Å². The lowest BCUT2D eigenvalue weighted by Gasteiger charge is -2.12. The number of aryl methyl sites for hydroxylation is 1. The van der Waals surface area contributed by atoms with Gasteiger partial charge in [0, 0.05) is 11.9 Å². The molecule has 0 radical (unpaired) electrons. The standard InChI is InChI=1S/C17H18N2O6/c1-8-12(17(23)24-4)9(2)19-13(8)14(20)10(3)25-16(22)11-6-5-7-18-15(11)21/h5-7,10,19H,1-4H3,(H,18,21)/t10-/m1/s1. The highest BCUT2D eigenvalue weighted by atomic mass is 16.5. The minimum absolute atomic E-state index is 0.153. The minimum Gasteiger partial charge on any atom is -0.465 e. The van der Waals surface area contributed by atoms with E-state index in [-0.39, 0.29) is 16.8 Å². The molecule has 0 aromatic carbocycles. The first-order chi connectivity index (χ1) is 11.8. The van der Waals surface area contributed by atoms with Crippen molar-refractivity contribution >= 4 is 17.7 Å². The van der Waals surface area contributed by atoms with Gasteiger partial charge in [0.1, 0.15) is 5.56 Å². The molecule has 0 aliphatic rings. The van der Waals surface area contributed by atoms with E-state index in [0.29, 0.717) is 11.3 Å². The van der Waals surface area contributed by atoms with Crippen molar-refractivity contribution in [2.45, 2.75) is 26.9 Å². The van der Waals surface area contributed by atoms with Crippen LogP contribution in [0.15, 0.2) is 23.1 Å². The SMILES string of the molecule is COC(=O)c1c(C)[nH]c(C(=O)[C@@H](C)OC(=O)c2ccc[nH]c2=O)c1C. The van der Waals surface area contributed by atoms with Crippen molar-refractivity contribution in [1.29, 1.82) is 0 Å². The van der Waals surface area contributed by atoms with E-state index in [1.807, 2.05) is 0 Å². The van der Waals surface area contributed by atoms with E-state index < -0.39 is 29.4 Å². The van der Waals surface area contributed by atoms with E-state index in [9.17, 15) is 19.2 Å². The number of aromatic amines is 2. The van der Waals surface area contributed by atoms with E-state index in [2.05, 4.69) is 9.97 Å². The summed E-state index contributed by atoms with van der Waals surface area (Å²) in [6.45, 7) is 4.63. The highest BCUT2D eigenvalue weighted by molar-refractivity contribution is 6.04. The predicted octanol–water partition coefficient (Wildman–Crippen LogP) is 1.53. The monoisotopic (exact) mass is 346 g/mol. The van der Waals surface area contributed by atoms with Gasteiger partial charge in [0.05, 0.1) is 18.4 Å². The maximum Gasteiger partial charge on any atom is 0.344 e. The van der Waals surface area contributed by atoms with Gasteiger partial charge in [0.25, 0.3) is 5.56 Å². The van der Waals surface area contributed by atoms with Gasteiger partial charge in [-0.2, -0.15) is 0 Å². The Hall–Kier alpha value is -3.16. The Morgan fingerprint density at radius 3 is 2.44 bits per heavy atom. The number of H-pyrrole nitrogens is 2. The van der Waals surface area contributed by atoms with Crippen LogP contribution in [0.25, 0.3) is 0 Å². The highest BCUT2D eigenvalue weighted by Gasteiger charge is 2.28. The largest absolute Gasteiger partial charge is 0.465 e. The molecule has 0 aliphatic heterocycles. The van der Waals surface area contributed by atoms with Crippen molar-refractivity contribution in [1.82, 2.24) is 9.97 Å². The molecule has 2 aromatic rings. The van der Waals surface area contributed by atoms with Gasteiger partial charge < -0.3 is 19.4 Å². The third-order valence-electron chi connectivity index (χ3n) is 3.76. The quantitative estimate of drug-likeness (QED) is 0.626. The van der Waals surface area contributed by atoms with Gasteiger partial charge in [0.15, 0.2) is 6.10 Å².